The quantitative estimate of drug-likeness (QED) is 0.376. The zero-order valence-electron chi connectivity index (χ0n) is 19.9. The van der Waals surface area contributed by atoms with E-state index in [4.69, 9.17) is 9.84 Å². The maximum Gasteiger partial charge on any atom is 0.314 e. The standard InChI is InChI=1S/C25H40O7/c1-14-10-17-7-6-15(2)20(9-8-18(27)12-19(28)13-22(29)30)23(17)21(11-14)32-24(31)25(4,5)16(3)26/h6-7,10,14-16,18-21,23,26-28H,8-9,11-13H2,1-5H3,(H,29,30)/t14-,15-,16+,18+,19+,20-,21-,23-/m0/s1. The summed E-state index contributed by atoms with van der Waals surface area (Å²) in [5, 5.41) is 39.0. The first kappa shape index (κ1) is 26.6. The van der Waals surface area contributed by atoms with Crippen LogP contribution in [0.3, 0.4) is 0 Å². The van der Waals surface area contributed by atoms with Gasteiger partial charge in [0.1, 0.15) is 6.10 Å². The summed E-state index contributed by atoms with van der Waals surface area (Å²) in [7, 11) is 0. The van der Waals surface area contributed by atoms with E-state index >= 15 is 0 Å². The number of hydrogen-bond acceptors (Lipinski definition) is 6. The van der Waals surface area contributed by atoms with E-state index in [1.165, 1.54) is 0 Å². The Bertz CT molecular complexity index is 724. The molecule has 0 spiro atoms. The third kappa shape index (κ3) is 6.65. The highest BCUT2D eigenvalue weighted by Crippen LogP contribution is 2.45. The van der Waals surface area contributed by atoms with E-state index in [1.807, 2.05) is 0 Å². The fraction of sp³-hybridized carbons (Fsp3) is 0.760. The van der Waals surface area contributed by atoms with Gasteiger partial charge in [0.05, 0.1) is 30.1 Å². The molecule has 32 heavy (non-hydrogen) atoms. The number of carboxylic acids is 1. The van der Waals surface area contributed by atoms with Crippen molar-refractivity contribution in [1.82, 2.24) is 0 Å². The minimum Gasteiger partial charge on any atom is -0.481 e. The molecule has 0 aromatic heterocycles. The number of esters is 1. The summed E-state index contributed by atoms with van der Waals surface area (Å²) in [6, 6.07) is 0. The van der Waals surface area contributed by atoms with Crippen molar-refractivity contribution in [3.05, 3.63) is 23.8 Å². The molecule has 2 aliphatic carbocycles. The van der Waals surface area contributed by atoms with Crippen LogP contribution in [-0.2, 0) is 14.3 Å². The molecule has 0 fully saturated rings. The predicted molar refractivity (Wildman–Crippen MR) is 121 cm³/mol. The number of hydrogen-bond donors (Lipinski definition) is 4. The number of carbonyl (C=O) groups is 2. The summed E-state index contributed by atoms with van der Waals surface area (Å²) in [6.07, 6.45) is 4.88. The molecular formula is C25H40O7. The summed E-state index contributed by atoms with van der Waals surface area (Å²) in [5.41, 5.74) is 0.132. The summed E-state index contributed by atoms with van der Waals surface area (Å²) >= 11 is 0. The SMILES string of the molecule is C[C@H]1C=C2C=C[C@H](C)[C@H](CC[C@@H](O)C[C@@H](O)CC(=O)O)[C@H]2[C@@H](OC(=O)C(C)(C)[C@@H](C)O)C1. The Hall–Kier alpha value is -1.70. The minimum absolute atomic E-state index is 0.00362. The van der Waals surface area contributed by atoms with Crippen LogP contribution < -0.4 is 0 Å². The third-order valence-corrected chi connectivity index (χ3v) is 7.21. The Morgan fingerprint density at radius 1 is 1.19 bits per heavy atom. The van der Waals surface area contributed by atoms with Crippen LogP contribution in [0, 0.1) is 29.1 Å². The fourth-order valence-corrected chi connectivity index (χ4v) is 4.78. The van der Waals surface area contributed by atoms with E-state index in [2.05, 4.69) is 32.1 Å². The Kier molecular flexibility index (Phi) is 9.08. The van der Waals surface area contributed by atoms with E-state index in [0.717, 1.165) is 5.57 Å². The number of fused-ring (bicyclic) bond motifs is 1. The molecule has 0 saturated heterocycles. The summed E-state index contributed by atoms with van der Waals surface area (Å²) in [6.45, 7) is 9.16. The lowest BCUT2D eigenvalue weighted by atomic mass is 9.65. The fourth-order valence-electron chi connectivity index (χ4n) is 4.78. The molecule has 7 heteroatoms. The normalized spacial score (nSPS) is 30.6. The number of aliphatic hydroxyl groups is 3. The molecule has 0 unspecified atom stereocenters. The maximum atomic E-state index is 12.9. The number of allylic oxidation sites excluding steroid dienone is 3. The van der Waals surface area contributed by atoms with Gasteiger partial charge < -0.3 is 25.2 Å². The van der Waals surface area contributed by atoms with Crippen molar-refractivity contribution in [2.75, 3.05) is 0 Å². The molecule has 182 valence electrons. The van der Waals surface area contributed by atoms with Crippen LogP contribution in [0.1, 0.15) is 66.7 Å². The number of carbonyl (C=O) groups excluding carboxylic acids is 1. The van der Waals surface area contributed by atoms with Crippen molar-refractivity contribution in [2.45, 2.75) is 91.1 Å². The topological polar surface area (TPSA) is 124 Å². The Morgan fingerprint density at radius 2 is 1.84 bits per heavy atom. The van der Waals surface area contributed by atoms with Crippen molar-refractivity contribution in [3.63, 3.8) is 0 Å². The van der Waals surface area contributed by atoms with Crippen LogP contribution in [0.15, 0.2) is 23.8 Å². The van der Waals surface area contributed by atoms with Gasteiger partial charge in [-0.1, -0.05) is 32.1 Å². The number of rotatable bonds is 10. The van der Waals surface area contributed by atoms with Gasteiger partial charge in [-0.3, -0.25) is 9.59 Å². The monoisotopic (exact) mass is 452 g/mol. The van der Waals surface area contributed by atoms with Gasteiger partial charge in [-0.2, -0.15) is 0 Å². The smallest absolute Gasteiger partial charge is 0.314 e. The molecule has 0 aromatic carbocycles. The lowest BCUT2D eigenvalue weighted by molar-refractivity contribution is -0.170. The number of aliphatic hydroxyl groups excluding tert-OH is 3. The molecule has 2 rings (SSSR count). The van der Waals surface area contributed by atoms with Crippen molar-refractivity contribution in [2.24, 2.45) is 29.1 Å². The van der Waals surface area contributed by atoms with Gasteiger partial charge in [-0.25, -0.2) is 0 Å². The number of aliphatic carboxylic acids is 1. The zero-order chi connectivity index (χ0) is 24.2. The molecule has 8 atom stereocenters. The van der Waals surface area contributed by atoms with Crippen LogP contribution in [0.25, 0.3) is 0 Å². The molecule has 4 N–H and O–H groups in total. The van der Waals surface area contributed by atoms with Gasteiger partial charge in [-0.05, 0) is 69.8 Å². The molecule has 0 heterocycles. The van der Waals surface area contributed by atoms with Gasteiger partial charge in [0.25, 0.3) is 0 Å². The highest BCUT2D eigenvalue weighted by molar-refractivity contribution is 5.76. The lowest BCUT2D eigenvalue weighted by Crippen LogP contribution is -2.45. The summed E-state index contributed by atoms with van der Waals surface area (Å²) in [4.78, 5) is 23.6. The van der Waals surface area contributed by atoms with Gasteiger partial charge in [0.15, 0.2) is 0 Å². The van der Waals surface area contributed by atoms with E-state index in [-0.39, 0.29) is 42.6 Å². The van der Waals surface area contributed by atoms with Crippen LogP contribution in [0.2, 0.25) is 0 Å². The second-order valence-electron chi connectivity index (χ2n) is 10.3. The molecule has 0 aromatic rings. The van der Waals surface area contributed by atoms with Crippen LogP contribution in [0.5, 0.6) is 0 Å². The molecule has 0 bridgehead atoms. The predicted octanol–water partition coefficient (Wildman–Crippen LogP) is 3.08. The van der Waals surface area contributed by atoms with E-state index in [0.29, 0.717) is 19.3 Å². The lowest BCUT2D eigenvalue weighted by Gasteiger charge is -2.44. The highest BCUT2D eigenvalue weighted by Gasteiger charge is 2.44. The molecule has 0 amide bonds. The van der Waals surface area contributed by atoms with Crippen molar-refractivity contribution in [3.8, 4) is 0 Å². The van der Waals surface area contributed by atoms with Gasteiger partial charge in [0, 0.05) is 5.92 Å². The van der Waals surface area contributed by atoms with Gasteiger partial charge in [-0.15, -0.1) is 0 Å². The second-order valence-corrected chi connectivity index (χ2v) is 10.3. The van der Waals surface area contributed by atoms with Crippen LogP contribution >= 0.6 is 0 Å². The van der Waals surface area contributed by atoms with Gasteiger partial charge in [0.2, 0.25) is 0 Å². The van der Waals surface area contributed by atoms with Crippen molar-refractivity contribution >= 4 is 11.9 Å². The first-order valence-electron chi connectivity index (χ1n) is 11.7. The summed E-state index contributed by atoms with van der Waals surface area (Å²) in [5.74, 6) is -0.902. The zero-order valence-corrected chi connectivity index (χ0v) is 19.9. The average Bonchev–Trinajstić information content (AvgIpc) is 2.66. The average molecular weight is 453 g/mol. The third-order valence-electron chi connectivity index (χ3n) is 7.21. The van der Waals surface area contributed by atoms with Crippen molar-refractivity contribution in [1.29, 1.82) is 0 Å². The highest BCUT2D eigenvalue weighted by atomic mass is 16.5. The van der Waals surface area contributed by atoms with Gasteiger partial charge >= 0.3 is 11.9 Å². The van der Waals surface area contributed by atoms with E-state index < -0.39 is 35.7 Å². The van der Waals surface area contributed by atoms with E-state index in [1.54, 1.807) is 20.8 Å². The molecular weight excluding hydrogens is 412 g/mol. The van der Waals surface area contributed by atoms with Crippen LogP contribution in [-0.4, -0.2) is 56.8 Å². The Morgan fingerprint density at radius 3 is 2.44 bits per heavy atom. The number of ether oxygens (including phenoxy) is 1. The first-order chi connectivity index (χ1) is 14.8. The minimum atomic E-state index is -1.09. The maximum absolute atomic E-state index is 12.9. The second kappa shape index (κ2) is 10.9. The van der Waals surface area contributed by atoms with E-state index in [9.17, 15) is 24.9 Å². The molecule has 7 nitrogen and oxygen atoms in total. The molecule has 0 saturated carbocycles. The number of carboxylic acid groups (broad SMARTS) is 1. The molecule has 0 aliphatic heterocycles. The largest absolute Gasteiger partial charge is 0.481 e. The first-order valence-corrected chi connectivity index (χ1v) is 11.7. The molecule has 0 radical (unpaired) electrons. The molecule has 2 aliphatic rings. The van der Waals surface area contributed by atoms with Crippen LogP contribution in [0.4, 0.5) is 0 Å². The Balaban J connectivity index is 2.14. The van der Waals surface area contributed by atoms with Crippen molar-refractivity contribution < 1.29 is 34.8 Å². The summed E-state index contributed by atoms with van der Waals surface area (Å²) < 4.78 is 6.01. The Labute approximate surface area is 191 Å².